The van der Waals surface area contributed by atoms with E-state index in [4.69, 9.17) is 9.26 Å². The Morgan fingerprint density at radius 1 is 1.39 bits per heavy atom. The molecule has 0 fully saturated rings. The zero-order valence-corrected chi connectivity index (χ0v) is 10.7. The Hall–Kier alpha value is -1.88. The van der Waals surface area contributed by atoms with Gasteiger partial charge < -0.3 is 14.4 Å². The maximum Gasteiger partial charge on any atom is 0.223 e. The van der Waals surface area contributed by atoms with Gasteiger partial charge in [0.2, 0.25) is 11.7 Å². The number of aliphatic hydroxyl groups excluding tert-OH is 1. The van der Waals surface area contributed by atoms with Gasteiger partial charge in [-0.05, 0) is 25.5 Å². The van der Waals surface area contributed by atoms with Crippen LogP contribution in [0, 0.1) is 13.8 Å². The molecule has 96 valence electrons. The molecule has 1 N–H and O–H groups in total. The van der Waals surface area contributed by atoms with Crippen molar-refractivity contribution in [2.45, 2.75) is 33.5 Å². The van der Waals surface area contributed by atoms with Crippen LogP contribution in [0.3, 0.4) is 0 Å². The van der Waals surface area contributed by atoms with Crippen LogP contribution in [0.25, 0.3) is 0 Å². The molecule has 0 spiro atoms. The van der Waals surface area contributed by atoms with Gasteiger partial charge in [-0.1, -0.05) is 17.3 Å². The molecular formula is C13H16N2O3. The van der Waals surface area contributed by atoms with Crippen molar-refractivity contribution in [1.82, 2.24) is 10.1 Å². The lowest BCUT2D eigenvalue weighted by Crippen LogP contribution is -2.02. The van der Waals surface area contributed by atoms with Gasteiger partial charge in [-0.25, -0.2) is 0 Å². The summed E-state index contributed by atoms with van der Waals surface area (Å²) in [4.78, 5) is 4.06. The molecule has 1 aromatic carbocycles. The molecule has 2 aromatic rings. The van der Waals surface area contributed by atoms with E-state index in [9.17, 15) is 5.11 Å². The molecular weight excluding hydrogens is 232 g/mol. The first kappa shape index (κ1) is 12.6. The Morgan fingerprint density at radius 3 is 2.78 bits per heavy atom. The number of aliphatic hydroxyl groups is 1. The Bertz CT molecular complexity index is 535. The van der Waals surface area contributed by atoms with E-state index in [1.165, 1.54) is 0 Å². The summed E-state index contributed by atoms with van der Waals surface area (Å²) in [6.45, 7) is 5.62. The summed E-state index contributed by atoms with van der Waals surface area (Å²) in [6.07, 6.45) is -0.576. The van der Waals surface area contributed by atoms with E-state index >= 15 is 0 Å². The van der Waals surface area contributed by atoms with Crippen molar-refractivity contribution in [3.05, 3.63) is 41.0 Å². The van der Waals surface area contributed by atoms with Crippen LogP contribution in [0.15, 0.2) is 22.7 Å². The fourth-order valence-corrected chi connectivity index (χ4v) is 1.65. The Labute approximate surface area is 105 Å². The van der Waals surface area contributed by atoms with E-state index in [0.29, 0.717) is 17.5 Å². The molecule has 0 aliphatic carbocycles. The summed E-state index contributed by atoms with van der Waals surface area (Å²) < 4.78 is 10.5. The quantitative estimate of drug-likeness (QED) is 0.899. The first-order chi connectivity index (χ1) is 8.56. The van der Waals surface area contributed by atoms with Crippen LogP contribution in [0.5, 0.6) is 5.75 Å². The summed E-state index contributed by atoms with van der Waals surface area (Å²) in [6, 6.07) is 5.68. The van der Waals surface area contributed by atoms with Gasteiger partial charge in [-0.2, -0.15) is 4.98 Å². The lowest BCUT2D eigenvalue weighted by Gasteiger charge is -2.13. The van der Waals surface area contributed by atoms with Crippen molar-refractivity contribution in [3.63, 3.8) is 0 Å². The number of benzene rings is 1. The van der Waals surface area contributed by atoms with Gasteiger partial charge in [-0.3, -0.25) is 0 Å². The fraction of sp³-hybridized carbons (Fsp3) is 0.385. The van der Waals surface area contributed by atoms with Crippen LogP contribution < -0.4 is 4.74 Å². The molecule has 0 bridgehead atoms. The third-order valence-electron chi connectivity index (χ3n) is 2.55. The average molecular weight is 248 g/mol. The van der Waals surface area contributed by atoms with Crippen LogP contribution in [-0.2, 0) is 6.61 Å². The predicted molar refractivity (Wildman–Crippen MR) is 65.2 cm³/mol. The number of aromatic nitrogens is 2. The first-order valence-corrected chi connectivity index (χ1v) is 5.77. The maximum atomic E-state index is 9.67. The highest BCUT2D eigenvalue weighted by Gasteiger charge is 2.11. The molecule has 0 amide bonds. The number of aryl methyl sites for hydroxylation is 2. The first-order valence-electron chi connectivity index (χ1n) is 5.77. The standard InChI is InChI=1S/C13H16N2O3/c1-8-4-5-11(9(2)16)12(6-8)17-7-13-14-10(3)18-15-13/h4-6,9,16H,7H2,1-3H3/t9-/m1/s1. The van der Waals surface area contributed by atoms with Crippen molar-refractivity contribution in [3.8, 4) is 5.75 Å². The van der Waals surface area contributed by atoms with Gasteiger partial charge in [0.25, 0.3) is 0 Å². The Morgan fingerprint density at radius 2 is 2.17 bits per heavy atom. The Balaban J connectivity index is 2.15. The summed E-state index contributed by atoms with van der Waals surface area (Å²) in [5.41, 5.74) is 1.82. The van der Waals surface area contributed by atoms with Crippen LogP contribution in [0.1, 0.15) is 35.9 Å². The zero-order valence-electron chi connectivity index (χ0n) is 10.7. The van der Waals surface area contributed by atoms with Gasteiger partial charge in [0, 0.05) is 12.5 Å². The fourth-order valence-electron chi connectivity index (χ4n) is 1.65. The molecule has 0 unspecified atom stereocenters. The van der Waals surface area contributed by atoms with E-state index in [1.807, 2.05) is 25.1 Å². The minimum absolute atomic E-state index is 0.223. The number of nitrogens with zero attached hydrogens (tertiary/aromatic N) is 2. The summed E-state index contributed by atoms with van der Waals surface area (Å²) in [5, 5.41) is 13.4. The van der Waals surface area contributed by atoms with Gasteiger partial charge >= 0.3 is 0 Å². The van der Waals surface area contributed by atoms with E-state index in [1.54, 1.807) is 13.8 Å². The highest BCUT2D eigenvalue weighted by Crippen LogP contribution is 2.26. The molecule has 0 saturated heterocycles. The summed E-state index contributed by atoms with van der Waals surface area (Å²) >= 11 is 0. The maximum absolute atomic E-state index is 9.67. The van der Waals surface area contributed by atoms with Crippen LogP contribution in [0.2, 0.25) is 0 Å². The van der Waals surface area contributed by atoms with Crippen LogP contribution in [0.4, 0.5) is 0 Å². The SMILES string of the molecule is Cc1ccc([C@@H](C)O)c(OCc2noc(C)n2)c1. The third-order valence-corrected chi connectivity index (χ3v) is 2.55. The molecule has 1 atom stereocenters. The molecule has 5 nitrogen and oxygen atoms in total. The molecule has 1 aromatic heterocycles. The monoisotopic (exact) mass is 248 g/mol. The molecule has 0 saturated carbocycles. The topological polar surface area (TPSA) is 68.4 Å². The van der Waals surface area contributed by atoms with Crippen LogP contribution in [-0.4, -0.2) is 15.2 Å². The second-order valence-electron chi connectivity index (χ2n) is 4.24. The van der Waals surface area contributed by atoms with Gasteiger partial charge in [0.15, 0.2) is 6.61 Å². The van der Waals surface area contributed by atoms with Gasteiger partial charge in [-0.15, -0.1) is 0 Å². The lowest BCUT2D eigenvalue weighted by atomic mass is 10.1. The van der Waals surface area contributed by atoms with Crippen molar-refractivity contribution >= 4 is 0 Å². The zero-order chi connectivity index (χ0) is 13.1. The molecule has 18 heavy (non-hydrogen) atoms. The molecule has 5 heteroatoms. The Kier molecular flexibility index (Phi) is 3.62. The van der Waals surface area contributed by atoms with Gasteiger partial charge in [0.05, 0.1) is 6.10 Å². The number of hydrogen-bond acceptors (Lipinski definition) is 5. The summed E-state index contributed by atoms with van der Waals surface area (Å²) in [7, 11) is 0. The van der Waals surface area contributed by atoms with Crippen molar-refractivity contribution in [1.29, 1.82) is 0 Å². The van der Waals surface area contributed by atoms with Crippen molar-refractivity contribution < 1.29 is 14.4 Å². The normalized spacial score (nSPS) is 12.4. The van der Waals surface area contributed by atoms with Crippen molar-refractivity contribution in [2.24, 2.45) is 0 Å². The predicted octanol–water partition coefficient (Wildman–Crippen LogP) is 2.32. The minimum Gasteiger partial charge on any atom is -0.485 e. The highest BCUT2D eigenvalue weighted by molar-refractivity contribution is 5.38. The molecule has 0 radical (unpaired) electrons. The highest BCUT2D eigenvalue weighted by atomic mass is 16.5. The van der Waals surface area contributed by atoms with E-state index in [-0.39, 0.29) is 6.61 Å². The largest absolute Gasteiger partial charge is 0.485 e. The van der Waals surface area contributed by atoms with E-state index < -0.39 is 6.10 Å². The molecule has 0 aliphatic heterocycles. The lowest BCUT2D eigenvalue weighted by molar-refractivity contribution is 0.189. The number of rotatable bonds is 4. The van der Waals surface area contributed by atoms with Crippen LogP contribution >= 0.6 is 0 Å². The number of ether oxygens (including phenoxy) is 1. The minimum atomic E-state index is -0.576. The smallest absolute Gasteiger partial charge is 0.223 e. The third kappa shape index (κ3) is 2.87. The van der Waals surface area contributed by atoms with E-state index in [0.717, 1.165) is 11.1 Å². The number of hydrogen-bond donors (Lipinski definition) is 1. The average Bonchev–Trinajstić information content (AvgIpc) is 2.72. The second kappa shape index (κ2) is 5.18. The molecule has 0 aliphatic rings. The molecule has 2 rings (SSSR count). The van der Waals surface area contributed by atoms with E-state index in [2.05, 4.69) is 10.1 Å². The van der Waals surface area contributed by atoms with Gasteiger partial charge in [0.1, 0.15) is 5.75 Å². The molecule has 1 heterocycles. The van der Waals surface area contributed by atoms with Crippen molar-refractivity contribution in [2.75, 3.05) is 0 Å². The second-order valence-corrected chi connectivity index (χ2v) is 4.24. The summed E-state index contributed by atoms with van der Waals surface area (Å²) in [5.74, 6) is 1.64.